The summed E-state index contributed by atoms with van der Waals surface area (Å²) >= 11 is 0. The molecule has 6 fully saturated rings. The molecule has 6 rings (SSSR count). The first-order chi connectivity index (χ1) is 27.4. The number of likely N-dealkylation sites (tertiary alicyclic amines) is 1. The Balaban J connectivity index is 0.000000218. The molecule has 3 aliphatic heterocycles. The number of alkyl carbamates (subject to hydrolysis) is 2. The smallest absolute Gasteiger partial charge is 0.407 e. The van der Waals surface area contributed by atoms with Crippen LogP contribution in [0.4, 0.5) is 9.59 Å². The van der Waals surface area contributed by atoms with Crippen LogP contribution < -0.4 is 16.0 Å². The minimum absolute atomic E-state index is 0.0950. The number of carbonyl (C=O) groups is 3. The van der Waals surface area contributed by atoms with Crippen molar-refractivity contribution in [2.45, 2.75) is 179 Å². The van der Waals surface area contributed by atoms with Crippen molar-refractivity contribution in [1.29, 1.82) is 0 Å². The summed E-state index contributed by atoms with van der Waals surface area (Å²) in [6, 6.07) is 2.74. The highest BCUT2D eigenvalue weighted by molar-refractivity contribution is 5.79. The van der Waals surface area contributed by atoms with Gasteiger partial charge in [0.2, 0.25) is 0 Å². The molecule has 0 spiro atoms. The van der Waals surface area contributed by atoms with E-state index in [1.807, 2.05) is 41.5 Å². The number of piperidine rings is 1. The minimum Gasteiger partial charge on any atom is -0.444 e. The molecular formula is C45H88N8O5. The van der Waals surface area contributed by atoms with E-state index in [0.29, 0.717) is 18.9 Å². The van der Waals surface area contributed by atoms with Gasteiger partial charge in [0.1, 0.15) is 17.0 Å². The highest BCUT2D eigenvalue weighted by Crippen LogP contribution is 2.25. The molecule has 0 aromatic rings. The van der Waals surface area contributed by atoms with Gasteiger partial charge in [-0.1, -0.05) is 6.42 Å². The van der Waals surface area contributed by atoms with Crippen LogP contribution >= 0.6 is 0 Å². The summed E-state index contributed by atoms with van der Waals surface area (Å²) < 4.78 is 10.5. The van der Waals surface area contributed by atoms with Gasteiger partial charge in [-0.15, -0.1) is 0 Å². The van der Waals surface area contributed by atoms with Gasteiger partial charge in [-0.2, -0.15) is 0 Å². The zero-order valence-electron chi connectivity index (χ0n) is 38.8. The third kappa shape index (κ3) is 21.5. The number of hydrogen-bond donors (Lipinski definition) is 3. The highest BCUT2D eigenvalue weighted by Gasteiger charge is 2.30. The molecule has 3 N–H and O–H groups in total. The van der Waals surface area contributed by atoms with Crippen molar-refractivity contribution in [2.24, 2.45) is 0 Å². The average Bonchev–Trinajstić information content (AvgIpc) is 3.16. The molecule has 13 nitrogen and oxygen atoms in total. The SMILES string of the molecule is CC(C)(C)OC(=O)NC1CCC(=O)CC1.CN1CCCCC1.CN1CCN(C2CCC(NC(=O)OC(C)(C)C)CC2)CC1.CNC1CCC(N2CCN(C)CC2)CC1. The van der Waals surface area contributed by atoms with Crippen molar-refractivity contribution in [2.75, 3.05) is 93.6 Å². The fourth-order valence-electron chi connectivity index (χ4n) is 8.77. The van der Waals surface area contributed by atoms with Crippen LogP contribution in [0.15, 0.2) is 0 Å². The van der Waals surface area contributed by atoms with Crippen LogP contribution in [0.3, 0.4) is 0 Å². The molecule has 0 bridgehead atoms. The van der Waals surface area contributed by atoms with Crippen molar-refractivity contribution in [3.8, 4) is 0 Å². The maximum atomic E-state index is 11.8. The molecule has 13 heteroatoms. The van der Waals surface area contributed by atoms with Crippen molar-refractivity contribution in [3.63, 3.8) is 0 Å². The number of carbonyl (C=O) groups excluding carboxylic acids is 3. The molecular weight excluding hydrogens is 733 g/mol. The molecule has 3 aliphatic carbocycles. The highest BCUT2D eigenvalue weighted by atomic mass is 16.6. The Bertz CT molecular complexity index is 1150. The Hall–Kier alpha value is -2.03. The van der Waals surface area contributed by atoms with Gasteiger partial charge in [0.15, 0.2) is 0 Å². The first kappa shape index (κ1) is 50.3. The Morgan fingerprint density at radius 2 is 0.845 bits per heavy atom. The van der Waals surface area contributed by atoms with E-state index < -0.39 is 11.2 Å². The third-order valence-corrected chi connectivity index (χ3v) is 12.5. The predicted molar refractivity (Wildman–Crippen MR) is 237 cm³/mol. The molecule has 0 aromatic carbocycles. The topological polar surface area (TPSA) is 122 Å². The Labute approximate surface area is 354 Å². The molecule has 0 unspecified atom stereocenters. The number of hydrogen-bond acceptors (Lipinski definition) is 11. The van der Waals surface area contributed by atoms with Crippen molar-refractivity contribution in [3.05, 3.63) is 0 Å². The van der Waals surface area contributed by atoms with Crippen LogP contribution in [0.2, 0.25) is 0 Å². The predicted octanol–water partition coefficient (Wildman–Crippen LogP) is 5.96. The third-order valence-electron chi connectivity index (χ3n) is 12.5. The van der Waals surface area contributed by atoms with E-state index in [1.54, 1.807) is 0 Å². The van der Waals surface area contributed by atoms with Crippen LogP contribution in [-0.2, 0) is 14.3 Å². The molecule has 0 atom stereocenters. The molecule has 3 heterocycles. The zero-order chi connectivity index (χ0) is 42.7. The lowest BCUT2D eigenvalue weighted by Crippen LogP contribution is -2.51. The first-order valence-corrected chi connectivity index (χ1v) is 23.1. The van der Waals surface area contributed by atoms with Gasteiger partial charge in [0.25, 0.3) is 0 Å². The number of Topliss-reactive ketones (excluding diaryl/α,β-unsaturated/α-hetero) is 1. The second kappa shape index (κ2) is 25.7. The second-order valence-corrected chi connectivity index (χ2v) is 19.9. The molecule has 3 saturated carbocycles. The standard InChI is InChI=1S/C16H31N3O2.C12H25N3.C11H19NO3.C6H13N/c1-16(2,3)21-15(20)17-13-5-7-14(8-6-13)19-11-9-18(4)10-12-19;1-13-11-3-5-12(6-4-11)15-9-7-14(2)8-10-15;1-11(2,3)15-10(14)12-8-4-6-9(13)7-5-8;1-7-5-3-2-4-6-7/h13-14H,5-12H2,1-4H3,(H,17,20);11-13H,3-10H2,1-2H3;8H,4-7H2,1-3H3,(H,12,14);2-6H2,1H3. The fraction of sp³-hybridized carbons (Fsp3) is 0.933. The number of nitrogens with one attached hydrogen (secondary N) is 3. The van der Waals surface area contributed by atoms with Gasteiger partial charge < -0.3 is 40.1 Å². The maximum Gasteiger partial charge on any atom is 0.407 e. The number of ketones is 1. The summed E-state index contributed by atoms with van der Waals surface area (Å²) in [5.74, 6) is 0.289. The summed E-state index contributed by atoms with van der Waals surface area (Å²) in [5.41, 5.74) is -0.879. The Morgan fingerprint density at radius 3 is 1.17 bits per heavy atom. The number of likely N-dealkylation sites (N-methyl/N-ethyl adjacent to an activating group) is 2. The normalized spacial score (nSPS) is 27.7. The lowest BCUT2D eigenvalue weighted by Gasteiger charge is -2.41. The van der Waals surface area contributed by atoms with Crippen LogP contribution in [-0.4, -0.2) is 178 Å². The van der Waals surface area contributed by atoms with Crippen LogP contribution in [0.5, 0.6) is 0 Å². The largest absolute Gasteiger partial charge is 0.444 e. The summed E-state index contributed by atoms with van der Waals surface area (Å²) in [5, 5.41) is 9.21. The van der Waals surface area contributed by atoms with E-state index in [4.69, 9.17) is 9.47 Å². The second-order valence-electron chi connectivity index (χ2n) is 19.9. The molecule has 2 amide bonds. The van der Waals surface area contributed by atoms with Crippen molar-refractivity contribution >= 4 is 18.0 Å². The summed E-state index contributed by atoms with van der Waals surface area (Å²) in [6.45, 7) is 23.6. The van der Waals surface area contributed by atoms with Gasteiger partial charge in [0.05, 0.1) is 0 Å². The monoisotopic (exact) mass is 821 g/mol. The van der Waals surface area contributed by atoms with E-state index >= 15 is 0 Å². The maximum absolute atomic E-state index is 11.8. The van der Waals surface area contributed by atoms with E-state index in [-0.39, 0.29) is 30.1 Å². The van der Waals surface area contributed by atoms with Crippen molar-refractivity contribution in [1.82, 2.24) is 40.4 Å². The van der Waals surface area contributed by atoms with Crippen molar-refractivity contribution < 1.29 is 23.9 Å². The van der Waals surface area contributed by atoms with E-state index in [2.05, 4.69) is 68.6 Å². The van der Waals surface area contributed by atoms with E-state index in [9.17, 15) is 14.4 Å². The van der Waals surface area contributed by atoms with E-state index in [1.165, 1.54) is 123 Å². The molecule has 0 aromatic heterocycles. The molecule has 58 heavy (non-hydrogen) atoms. The lowest BCUT2D eigenvalue weighted by atomic mass is 9.90. The fourth-order valence-corrected chi connectivity index (χ4v) is 8.77. The summed E-state index contributed by atoms with van der Waals surface area (Å²) in [6.07, 6.45) is 16.3. The summed E-state index contributed by atoms with van der Waals surface area (Å²) in [7, 11) is 8.72. The van der Waals surface area contributed by atoms with Gasteiger partial charge in [-0.25, -0.2) is 9.59 Å². The van der Waals surface area contributed by atoms with Crippen LogP contribution in [0.1, 0.15) is 138 Å². The molecule has 338 valence electrons. The first-order valence-electron chi connectivity index (χ1n) is 23.1. The van der Waals surface area contributed by atoms with Crippen LogP contribution in [0, 0.1) is 0 Å². The molecule has 3 saturated heterocycles. The average molecular weight is 821 g/mol. The number of amides is 2. The van der Waals surface area contributed by atoms with E-state index in [0.717, 1.165) is 37.8 Å². The minimum atomic E-state index is -0.464. The Kier molecular flexibility index (Phi) is 22.3. The zero-order valence-corrected chi connectivity index (χ0v) is 38.8. The van der Waals surface area contributed by atoms with Crippen LogP contribution in [0.25, 0.3) is 0 Å². The molecule has 6 aliphatic rings. The number of rotatable bonds is 5. The summed E-state index contributed by atoms with van der Waals surface area (Å²) in [4.78, 5) is 46.7. The quantitative estimate of drug-likeness (QED) is 0.305. The molecule has 0 radical (unpaired) electrons. The lowest BCUT2D eigenvalue weighted by molar-refractivity contribution is -0.120. The van der Waals surface area contributed by atoms with Gasteiger partial charge in [-0.05, 0) is 160 Å². The number of piperazine rings is 2. The van der Waals surface area contributed by atoms with Gasteiger partial charge >= 0.3 is 12.2 Å². The Morgan fingerprint density at radius 1 is 0.500 bits per heavy atom. The number of nitrogens with zero attached hydrogens (tertiary/aromatic N) is 5. The van der Waals surface area contributed by atoms with Gasteiger partial charge in [0, 0.05) is 95.4 Å². The van der Waals surface area contributed by atoms with Gasteiger partial charge in [-0.3, -0.25) is 14.6 Å². The number of ether oxygens (including phenoxy) is 2.